The molecule has 0 atom stereocenters. The van der Waals surface area contributed by atoms with Crippen LogP contribution in [0.15, 0.2) is 42.5 Å². The van der Waals surface area contributed by atoms with Crippen molar-refractivity contribution in [2.75, 3.05) is 11.4 Å². The maximum atomic E-state index is 13.8. The Hall–Kier alpha value is -2.43. The average molecular weight is 272 g/mol. The Kier molecular flexibility index (Phi) is 3.10. The highest BCUT2D eigenvalue weighted by Crippen LogP contribution is 2.39. The summed E-state index contributed by atoms with van der Waals surface area (Å²) in [5, 5.41) is 11.1. The molecule has 0 aromatic heterocycles. The van der Waals surface area contributed by atoms with Crippen LogP contribution in [-0.2, 0) is 6.42 Å². The van der Waals surface area contributed by atoms with Crippen LogP contribution in [0.5, 0.6) is 0 Å². The van der Waals surface area contributed by atoms with Gasteiger partial charge in [-0.25, -0.2) is 0 Å². The summed E-state index contributed by atoms with van der Waals surface area (Å²) in [5.74, 6) is -0.796. The van der Waals surface area contributed by atoms with E-state index in [1.807, 2.05) is 29.2 Å². The Morgan fingerprint density at radius 3 is 2.65 bits per heavy atom. The number of fused-ring (bicyclic) bond motifs is 1. The third kappa shape index (κ3) is 2.01. The Morgan fingerprint density at radius 1 is 1.10 bits per heavy atom. The van der Waals surface area contributed by atoms with Crippen molar-refractivity contribution < 1.29 is 9.31 Å². The van der Waals surface area contributed by atoms with Gasteiger partial charge < -0.3 is 4.90 Å². The molecule has 0 N–H and O–H groups in total. The zero-order valence-electron chi connectivity index (χ0n) is 10.8. The van der Waals surface area contributed by atoms with Crippen molar-refractivity contribution in [1.29, 1.82) is 0 Å². The molecule has 3 rings (SSSR count). The molecule has 0 unspecified atom stereocenters. The summed E-state index contributed by atoms with van der Waals surface area (Å²) in [6, 6.07) is 12.0. The van der Waals surface area contributed by atoms with Crippen LogP contribution < -0.4 is 4.90 Å². The summed E-state index contributed by atoms with van der Waals surface area (Å²) in [7, 11) is 0. The fourth-order valence-electron chi connectivity index (χ4n) is 2.69. The number of nitrogens with zero attached hydrogens (tertiary/aromatic N) is 2. The predicted molar refractivity (Wildman–Crippen MR) is 74.8 cm³/mol. The van der Waals surface area contributed by atoms with Crippen LogP contribution in [0.25, 0.3) is 0 Å². The Morgan fingerprint density at radius 2 is 1.85 bits per heavy atom. The Labute approximate surface area is 115 Å². The normalized spacial score (nSPS) is 13.9. The van der Waals surface area contributed by atoms with E-state index in [4.69, 9.17) is 0 Å². The van der Waals surface area contributed by atoms with Crippen molar-refractivity contribution >= 4 is 17.1 Å². The van der Waals surface area contributed by atoms with Crippen LogP contribution >= 0.6 is 0 Å². The lowest BCUT2D eigenvalue weighted by atomic mass is 10.0. The molecule has 20 heavy (non-hydrogen) atoms. The van der Waals surface area contributed by atoms with Crippen molar-refractivity contribution in [3.8, 4) is 0 Å². The molecular weight excluding hydrogens is 259 g/mol. The van der Waals surface area contributed by atoms with E-state index in [1.54, 1.807) is 6.07 Å². The second-order valence-corrected chi connectivity index (χ2v) is 4.75. The average Bonchev–Trinajstić information content (AvgIpc) is 2.46. The number of nitro groups is 1. The second-order valence-electron chi connectivity index (χ2n) is 4.75. The number of para-hydroxylation sites is 2. The lowest BCUT2D eigenvalue weighted by molar-refractivity contribution is -0.386. The van der Waals surface area contributed by atoms with Crippen molar-refractivity contribution in [1.82, 2.24) is 0 Å². The minimum absolute atomic E-state index is 0.321. The molecule has 0 bridgehead atoms. The molecule has 1 aliphatic heterocycles. The number of aryl methyl sites for hydroxylation is 1. The van der Waals surface area contributed by atoms with Crippen molar-refractivity contribution in [3.63, 3.8) is 0 Å². The molecule has 2 aromatic carbocycles. The summed E-state index contributed by atoms with van der Waals surface area (Å²) in [4.78, 5) is 12.3. The van der Waals surface area contributed by atoms with E-state index >= 15 is 0 Å². The summed E-state index contributed by atoms with van der Waals surface area (Å²) in [6.45, 7) is 0.654. The molecule has 102 valence electrons. The highest BCUT2D eigenvalue weighted by molar-refractivity contribution is 5.75. The van der Waals surface area contributed by atoms with Gasteiger partial charge in [0.25, 0.3) is 0 Å². The monoisotopic (exact) mass is 272 g/mol. The number of benzene rings is 2. The molecule has 0 radical (unpaired) electrons. The first-order chi connectivity index (χ1) is 9.68. The molecule has 0 amide bonds. The molecule has 4 nitrogen and oxygen atoms in total. The first kappa shape index (κ1) is 12.6. The summed E-state index contributed by atoms with van der Waals surface area (Å²) in [6.07, 6.45) is 1.83. The van der Waals surface area contributed by atoms with E-state index in [0.29, 0.717) is 12.2 Å². The molecule has 0 fully saturated rings. The lowest BCUT2D eigenvalue weighted by Gasteiger charge is -2.30. The van der Waals surface area contributed by atoms with Gasteiger partial charge in [-0.15, -0.1) is 0 Å². The minimum atomic E-state index is -0.796. The van der Waals surface area contributed by atoms with Gasteiger partial charge in [0.1, 0.15) is 5.69 Å². The van der Waals surface area contributed by atoms with E-state index in [9.17, 15) is 14.5 Å². The highest BCUT2D eigenvalue weighted by atomic mass is 19.1. The van der Waals surface area contributed by atoms with Gasteiger partial charge in [0.2, 0.25) is 5.82 Å². The summed E-state index contributed by atoms with van der Waals surface area (Å²) >= 11 is 0. The quantitative estimate of drug-likeness (QED) is 0.616. The van der Waals surface area contributed by atoms with Gasteiger partial charge in [0, 0.05) is 12.2 Å². The topological polar surface area (TPSA) is 46.4 Å². The highest BCUT2D eigenvalue weighted by Gasteiger charge is 2.27. The molecule has 0 saturated heterocycles. The van der Waals surface area contributed by atoms with Crippen molar-refractivity contribution in [3.05, 3.63) is 64.0 Å². The van der Waals surface area contributed by atoms with Crippen molar-refractivity contribution in [2.24, 2.45) is 0 Å². The number of nitro benzene ring substituents is 1. The maximum absolute atomic E-state index is 13.8. The van der Waals surface area contributed by atoms with Crippen LogP contribution in [0.1, 0.15) is 12.0 Å². The molecule has 5 heteroatoms. The van der Waals surface area contributed by atoms with Gasteiger partial charge in [-0.1, -0.05) is 24.3 Å². The molecule has 0 aliphatic carbocycles. The van der Waals surface area contributed by atoms with Crippen LogP contribution in [-0.4, -0.2) is 11.5 Å². The molecule has 1 aliphatic rings. The fraction of sp³-hybridized carbons (Fsp3) is 0.200. The predicted octanol–water partition coefficient (Wildman–Crippen LogP) is 3.82. The summed E-state index contributed by atoms with van der Waals surface area (Å²) in [5.41, 5.74) is 1.93. The summed E-state index contributed by atoms with van der Waals surface area (Å²) < 4.78 is 13.8. The molecule has 0 saturated carbocycles. The number of halogens is 1. The third-order valence-corrected chi connectivity index (χ3v) is 3.55. The fourth-order valence-corrected chi connectivity index (χ4v) is 2.69. The lowest BCUT2D eigenvalue weighted by Crippen LogP contribution is -2.25. The van der Waals surface area contributed by atoms with E-state index in [2.05, 4.69) is 0 Å². The smallest absolute Gasteiger partial charge is 0.328 e. The Balaban J connectivity index is 2.16. The molecule has 2 aromatic rings. The third-order valence-electron chi connectivity index (χ3n) is 3.55. The van der Waals surface area contributed by atoms with Crippen LogP contribution in [0.4, 0.5) is 21.5 Å². The first-order valence-corrected chi connectivity index (χ1v) is 6.47. The van der Waals surface area contributed by atoms with Gasteiger partial charge in [-0.05, 0) is 36.6 Å². The van der Waals surface area contributed by atoms with E-state index < -0.39 is 16.4 Å². The van der Waals surface area contributed by atoms with E-state index in [-0.39, 0.29) is 0 Å². The molecule has 1 heterocycles. The zero-order valence-corrected chi connectivity index (χ0v) is 10.8. The number of rotatable bonds is 2. The first-order valence-electron chi connectivity index (χ1n) is 6.47. The number of hydrogen-bond acceptors (Lipinski definition) is 3. The largest absolute Gasteiger partial charge is 0.336 e. The van der Waals surface area contributed by atoms with Gasteiger partial charge in [0.05, 0.1) is 4.92 Å². The number of anilines is 2. The standard InChI is InChI=1S/C15H13FN2O2/c16-12-7-3-9-14(15(12)18(19)20)17-10-4-6-11-5-1-2-8-13(11)17/h1-3,5,7-9H,4,6,10H2. The Bertz CT molecular complexity index is 673. The SMILES string of the molecule is O=[N+]([O-])c1c(F)cccc1N1CCCc2ccccc21. The zero-order chi connectivity index (χ0) is 14.1. The van der Waals surface area contributed by atoms with Gasteiger partial charge in [-0.3, -0.25) is 10.1 Å². The molecule has 0 spiro atoms. The van der Waals surface area contributed by atoms with Crippen LogP contribution in [0.2, 0.25) is 0 Å². The second kappa shape index (κ2) is 4.92. The van der Waals surface area contributed by atoms with E-state index in [1.165, 1.54) is 6.07 Å². The van der Waals surface area contributed by atoms with E-state index in [0.717, 1.165) is 30.2 Å². The minimum Gasteiger partial charge on any atom is -0.336 e. The van der Waals surface area contributed by atoms with Crippen LogP contribution in [0.3, 0.4) is 0 Å². The van der Waals surface area contributed by atoms with Gasteiger partial charge >= 0.3 is 5.69 Å². The van der Waals surface area contributed by atoms with Crippen molar-refractivity contribution in [2.45, 2.75) is 12.8 Å². The van der Waals surface area contributed by atoms with Crippen LogP contribution in [0, 0.1) is 15.9 Å². The van der Waals surface area contributed by atoms with Gasteiger partial charge in [0.15, 0.2) is 0 Å². The van der Waals surface area contributed by atoms with Gasteiger partial charge in [-0.2, -0.15) is 4.39 Å². The number of hydrogen-bond donors (Lipinski definition) is 0. The maximum Gasteiger partial charge on any atom is 0.328 e. The molecular formula is C15H13FN2O2.